The lowest BCUT2D eigenvalue weighted by Gasteiger charge is -2.02. The Kier molecular flexibility index (Phi) is 2.79. The van der Waals surface area contributed by atoms with Gasteiger partial charge in [-0.25, -0.2) is 0 Å². The molecule has 3 aromatic rings. The third-order valence-corrected chi connectivity index (χ3v) is 2.74. The highest BCUT2D eigenvalue weighted by molar-refractivity contribution is 5.47. The molecule has 0 saturated carbocycles. The summed E-state index contributed by atoms with van der Waals surface area (Å²) < 4.78 is 0. The van der Waals surface area contributed by atoms with Crippen molar-refractivity contribution in [1.29, 1.82) is 0 Å². The normalized spacial score (nSPS) is 10.6. The maximum absolute atomic E-state index is 4.36. The lowest BCUT2D eigenvalue weighted by molar-refractivity contribution is 0.719. The predicted octanol–water partition coefficient (Wildman–Crippen LogP) is 2.34. The van der Waals surface area contributed by atoms with Crippen LogP contribution < -0.4 is 0 Å². The fraction of sp³-hybridized carbons (Fsp3) is 0.143. The molecule has 0 aliphatic heterocycles. The molecule has 0 aliphatic carbocycles. The van der Waals surface area contributed by atoms with Crippen LogP contribution in [0.5, 0.6) is 0 Å². The van der Waals surface area contributed by atoms with E-state index in [9.17, 15) is 0 Å². The van der Waals surface area contributed by atoms with Gasteiger partial charge in [-0.05, 0) is 54.5 Å². The molecule has 19 heavy (non-hydrogen) atoms. The van der Waals surface area contributed by atoms with Gasteiger partial charge in [0.25, 0.3) is 0 Å². The van der Waals surface area contributed by atoms with Crippen molar-refractivity contribution in [1.82, 2.24) is 25.2 Å². The summed E-state index contributed by atoms with van der Waals surface area (Å²) >= 11 is 0. The van der Waals surface area contributed by atoms with E-state index in [0.29, 0.717) is 5.82 Å². The number of tetrazole rings is 1. The number of pyridine rings is 1. The Bertz CT molecular complexity index is 683. The maximum Gasteiger partial charge on any atom is 0.223 e. The molecule has 2 heterocycles. The summed E-state index contributed by atoms with van der Waals surface area (Å²) in [5, 5.41) is 12.5. The van der Waals surface area contributed by atoms with Gasteiger partial charge < -0.3 is 0 Å². The van der Waals surface area contributed by atoms with Crippen molar-refractivity contribution < 1.29 is 0 Å². The third-order valence-electron chi connectivity index (χ3n) is 2.74. The summed E-state index contributed by atoms with van der Waals surface area (Å²) in [6.07, 6.45) is 1.72. The zero-order valence-corrected chi connectivity index (χ0v) is 10.8. The third kappa shape index (κ3) is 2.35. The van der Waals surface area contributed by atoms with Crippen molar-refractivity contribution in [2.45, 2.75) is 13.8 Å². The van der Waals surface area contributed by atoms with E-state index in [0.717, 1.165) is 11.4 Å². The van der Waals surface area contributed by atoms with Gasteiger partial charge in [-0.1, -0.05) is 12.1 Å². The molecule has 0 fully saturated rings. The van der Waals surface area contributed by atoms with Crippen LogP contribution in [0.15, 0.2) is 42.6 Å². The first-order valence-corrected chi connectivity index (χ1v) is 6.02. The molecule has 3 rings (SSSR count). The molecule has 94 valence electrons. The molecule has 0 N–H and O–H groups in total. The standard InChI is InChI=1S/C14H13N5/c1-10-7-11(2)9-12(8-10)19-17-14(16-18-19)13-5-3-4-6-15-13/h3-9H,1-2H3. The number of hydrogen-bond donors (Lipinski definition) is 0. The smallest absolute Gasteiger partial charge is 0.223 e. The second kappa shape index (κ2) is 4.61. The summed E-state index contributed by atoms with van der Waals surface area (Å²) in [6, 6.07) is 11.8. The van der Waals surface area contributed by atoms with E-state index in [1.165, 1.54) is 15.9 Å². The van der Waals surface area contributed by atoms with Gasteiger partial charge in [0.2, 0.25) is 5.82 Å². The van der Waals surface area contributed by atoms with Crippen molar-refractivity contribution in [3.63, 3.8) is 0 Å². The highest BCUT2D eigenvalue weighted by Crippen LogP contribution is 2.14. The minimum absolute atomic E-state index is 0.528. The van der Waals surface area contributed by atoms with Crippen LogP contribution in [0.25, 0.3) is 17.2 Å². The van der Waals surface area contributed by atoms with Gasteiger partial charge in [-0.15, -0.1) is 15.0 Å². The van der Waals surface area contributed by atoms with Crippen molar-refractivity contribution in [2.75, 3.05) is 0 Å². The Balaban J connectivity index is 2.02. The fourth-order valence-electron chi connectivity index (χ4n) is 1.99. The van der Waals surface area contributed by atoms with Crippen LogP contribution in [0, 0.1) is 13.8 Å². The summed E-state index contributed by atoms with van der Waals surface area (Å²) in [6.45, 7) is 4.10. The van der Waals surface area contributed by atoms with Crippen LogP contribution in [0.4, 0.5) is 0 Å². The molecule has 0 bridgehead atoms. The largest absolute Gasteiger partial charge is 0.253 e. The molecule has 0 unspecified atom stereocenters. The lowest BCUT2D eigenvalue weighted by Crippen LogP contribution is -2.00. The molecule has 2 aromatic heterocycles. The minimum atomic E-state index is 0.528. The summed E-state index contributed by atoms with van der Waals surface area (Å²) in [4.78, 5) is 5.74. The SMILES string of the molecule is Cc1cc(C)cc(-n2nnc(-c3ccccn3)n2)c1. The Hall–Kier alpha value is -2.56. The van der Waals surface area contributed by atoms with E-state index >= 15 is 0 Å². The molecule has 0 amide bonds. The molecule has 0 spiro atoms. The first kappa shape index (κ1) is 11.5. The van der Waals surface area contributed by atoms with Gasteiger partial charge in [0, 0.05) is 6.20 Å². The molecule has 5 heteroatoms. The Labute approximate surface area is 110 Å². The number of aryl methyl sites for hydroxylation is 2. The summed E-state index contributed by atoms with van der Waals surface area (Å²) in [7, 11) is 0. The first-order valence-electron chi connectivity index (χ1n) is 6.02. The van der Waals surface area contributed by atoms with Gasteiger partial charge in [0.1, 0.15) is 5.69 Å². The molecule has 0 aliphatic rings. The zero-order chi connectivity index (χ0) is 13.2. The monoisotopic (exact) mass is 251 g/mol. The van der Waals surface area contributed by atoms with E-state index in [1.54, 1.807) is 6.20 Å². The van der Waals surface area contributed by atoms with E-state index in [2.05, 4.69) is 26.5 Å². The lowest BCUT2D eigenvalue weighted by atomic mass is 10.1. The second-order valence-electron chi connectivity index (χ2n) is 4.46. The number of rotatable bonds is 2. The van der Waals surface area contributed by atoms with E-state index in [-0.39, 0.29) is 0 Å². The van der Waals surface area contributed by atoms with Crippen molar-refractivity contribution in [2.24, 2.45) is 0 Å². The summed E-state index contributed by atoms with van der Waals surface area (Å²) in [5.74, 6) is 0.528. The van der Waals surface area contributed by atoms with Gasteiger partial charge in [0.15, 0.2) is 0 Å². The number of hydrogen-bond acceptors (Lipinski definition) is 4. The van der Waals surface area contributed by atoms with E-state index in [4.69, 9.17) is 0 Å². The molecular formula is C14H13N5. The van der Waals surface area contributed by atoms with Crippen molar-refractivity contribution in [3.05, 3.63) is 53.7 Å². The number of benzene rings is 1. The minimum Gasteiger partial charge on any atom is -0.253 e. The second-order valence-corrected chi connectivity index (χ2v) is 4.46. The fourth-order valence-corrected chi connectivity index (χ4v) is 1.99. The highest BCUT2D eigenvalue weighted by atomic mass is 15.6. The van der Waals surface area contributed by atoms with Crippen LogP contribution in [0.2, 0.25) is 0 Å². The maximum atomic E-state index is 4.36. The van der Waals surface area contributed by atoms with Gasteiger partial charge in [0.05, 0.1) is 5.69 Å². The van der Waals surface area contributed by atoms with Crippen LogP contribution in [-0.4, -0.2) is 25.2 Å². The highest BCUT2D eigenvalue weighted by Gasteiger charge is 2.08. The van der Waals surface area contributed by atoms with E-state index in [1.807, 2.05) is 44.2 Å². The Morgan fingerprint density at radius 3 is 2.47 bits per heavy atom. The van der Waals surface area contributed by atoms with Crippen LogP contribution in [0.3, 0.4) is 0 Å². The van der Waals surface area contributed by atoms with Crippen molar-refractivity contribution in [3.8, 4) is 17.2 Å². The van der Waals surface area contributed by atoms with Crippen LogP contribution in [-0.2, 0) is 0 Å². The Morgan fingerprint density at radius 1 is 1.00 bits per heavy atom. The molecule has 1 aromatic carbocycles. The molecular weight excluding hydrogens is 238 g/mol. The molecule has 5 nitrogen and oxygen atoms in total. The topological polar surface area (TPSA) is 56.5 Å². The molecule has 0 saturated heterocycles. The van der Waals surface area contributed by atoms with Crippen molar-refractivity contribution >= 4 is 0 Å². The number of nitrogens with zero attached hydrogens (tertiary/aromatic N) is 5. The van der Waals surface area contributed by atoms with E-state index < -0.39 is 0 Å². The quantitative estimate of drug-likeness (QED) is 0.701. The van der Waals surface area contributed by atoms with Gasteiger partial charge in [-0.2, -0.15) is 0 Å². The van der Waals surface area contributed by atoms with Gasteiger partial charge in [-0.3, -0.25) is 4.98 Å². The Morgan fingerprint density at radius 2 is 1.79 bits per heavy atom. The molecule has 0 atom stereocenters. The van der Waals surface area contributed by atoms with Crippen LogP contribution in [0.1, 0.15) is 11.1 Å². The average Bonchev–Trinajstić information content (AvgIpc) is 2.88. The molecule has 0 radical (unpaired) electrons. The zero-order valence-electron chi connectivity index (χ0n) is 10.8. The van der Waals surface area contributed by atoms with Gasteiger partial charge >= 0.3 is 0 Å². The summed E-state index contributed by atoms with van der Waals surface area (Å²) in [5.41, 5.74) is 3.98. The number of aromatic nitrogens is 5. The predicted molar refractivity (Wildman–Crippen MR) is 71.9 cm³/mol. The average molecular weight is 251 g/mol. The first-order chi connectivity index (χ1) is 9.22. The van der Waals surface area contributed by atoms with Crippen LogP contribution >= 0.6 is 0 Å².